The summed E-state index contributed by atoms with van der Waals surface area (Å²) in [6.45, 7) is 8.77. The van der Waals surface area contributed by atoms with Gasteiger partial charge in [0.25, 0.3) is 0 Å². The van der Waals surface area contributed by atoms with Crippen molar-refractivity contribution in [1.82, 2.24) is 4.98 Å². The van der Waals surface area contributed by atoms with Gasteiger partial charge in [0.1, 0.15) is 17.2 Å². The molecule has 0 spiro atoms. The molecule has 0 bridgehead atoms. The van der Waals surface area contributed by atoms with Gasteiger partial charge in [0.15, 0.2) is 0 Å². The Morgan fingerprint density at radius 3 is 2.47 bits per heavy atom. The van der Waals surface area contributed by atoms with E-state index < -0.39 is 5.97 Å². The summed E-state index contributed by atoms with van der Waals surface area (Å²) in [6.07, 6.45) is 1.32. The highest BCUT2D eigenvalue weighted by Gasteiger charge is 2.19. The molecule has 0 unspecified atom stereocenters. The second-order valence-corrected chi connectivity index (χ2v) is 8.85. The number of aromatic carboxylic acids is 1. The van der Waals surface area contributed by atoms with Gasteiger partial charge in [-0.15, -0.1) is 0 Å². The number of aromatic amines is 1. The lowest BCUT2D eigenvalue weighted by Gasteiger charge is -2.12. The standard InChI is InChI=1S/C29H31NO4/c1-17-14-18(2)20(4)26(15-17)34-13-7-10-25-24-9-6-8-23(27(24)30-28(25)29(31)32)22-12-11-21(33-5)16-19(22)3/h6,8-9,11-12,14-16,30H,7,10,13H2,1-5H3,(H,31,32). The van der Waals surface area contributed by atoms with Gasteiger partial charge in [-0.3, -0.25) is 0 Å². The largest absolute Gasteiger partial charge is 0.497 e. The minimum absolute atomic E-state index is 0.246. The van der Waals surface area contributed by atoms with E-state index in [1.807, 2.05) is 43.3 Å². The van der Waals surface area contributed by atoms with Crippen LogP contribution in [0.3, 0.4) is 0 Å². The third kappa shape index (κ3) is 4.51. The van der Waals surface area contributed by atoms with Gasteiger partial charge in [-0.2, -0.15) is 0 Å². The fourth-order valence-corrected chi connectivity index (χ4v) is 4.59. The molecule has 0 saturated carbocycles. The van der Waals surface area contributed by atoms with E-state index in [9.17, 15) is 9.90 Å². The molecule has 0 radical (unpaired) electrons. The molecule has 1 heterocycles. The Bertz CT molecular complexity index is 1370. The monoisotopic (exact) mass is 457 g/mol. The summed E-state index contributed by atoms with van der Waals surface area (Å²) < 4.78 is 11.4. The van der Waals surface area contributed by atoms with E-state index in [-0.39, 0.29) is 5.69 Å². The molecule has 1 aromatic heterocycles. The summed E-state index contributed by atoms with van der Waals surface area (Å²) in [5, 5.41) is 10.8. The number of benzene rings is 3. The Labute approximate surface area is 200 Å². The number of methoxy groups -OCH3 is 1. The lowest BCUT2D eigenvalue weighted by atomic mass is 9.97. The molecule has 5 heteroatoms. The maximum Gasteiger partial charge on any atom is 0.352 e. The highest BCUT2D eigenvalue weighted by Crippen LogP contribution is 2.35. The van der Waals surface area contributed by atoms with Crippen molar-refractivity contribution in [2.45, 2.75) is 40.5 Å². The molecular formula is C29H31NO4. The fraction of sp³-hybridized carbons (Fsp3) is 0.276. The fourth-order valence-electron chi connectivity index (χ4n) is 4.59. The molecule has 0 aliphatic rings. The minimum Gasteiger partial charge on any atom is -0.497 e. The number of aromatic nitrogens is 1. The Morgan fingerprint density at radius 1 is 0.971 bits per heavy atom. The number of para-hydroxylation sites is 1. The van der Waals surface area contributed by atoms with Crippen LogP contribution >= 0.6 is 0 Å². The van der Waals surface area contributed by atoms with Gasteiger partial charge in [0.2, 0.25) is 0 Å². The van der Waals surface area contributed by atoms with Gasteiger partial charge in [-0.1, -0.05) is 30.3 Å². The van der Waals surface area contributed by atoms with E-state index in [1.165, 1.54) is 11.1 Å². The average molecular weight is 458 g/mol. The highest BCUT2D eigenvalue weighted by molar-refractivity contribution is 6.03. The molecule has 3 aromatic carbocycles. The predicted molar refractivity (Wildman–Crippen MR) is 136 cm³/mol. The molecule has 4 rings (SSSR count). The number of H-pyrrole nitrogens is 1. The van der Waals surface area contributed by atoms with E-state index in [0.29, 0.717) is 19.4 Å². The summed E-state index contributed by atoms with van der Waals surface area (Å²) in [4.78, 5) is 15.3. The molecule has 0 fully saturated rings. The number of fused-ring (bicyclic) bond motifs is 1. The van der Waals surface area contributed by atoms with E-state index >= 15 is 0 Å². The van der Waals surface area contributed by atoms with Crippen LogP contribution in [0.25, 0.3) is 22.0 Å². The van der Waals surface area contributed by atoms with Crippen LogP contribution in [0.15, 0.2) is 48.5 Å². The molecule has 34 heavy (non-hydrogen) atoms. The zero-order chi connectivity index (χ0) is 24.4. The van der Waals surface area contributed by atoms with Crippen molar-refractivity contribution in [1.29, 1.82) is 0 Å². The Kier molecular flexibility index (Phi) is 6.64. The first kappa shape index (κ1) is 23.4. The van der Waals surface area contributed by atoms with Gasteiger partial charge >= 0.3 is 5.97 Å². The lowest BCUT2D eigenvalue weighted by Crippen LogP contribution is -2.05. The number of ether oxygens (including phenoxy) is 2. The first-order chi connectivity index (χ1) is 16.3. The molecule has 5 nitrogen and oxygen atoms in total. The zero-order valence-electron chi connectivity index (χ0n) is 20.4. The number of nitrogens with one attached hydrogen (secondary N) is 1. The first-order valence-electron chi connectivity index (χ1n) is 11.5. The third-order valence-electron chi connectivity index (χ3n) is 6.47. The second kappa shape index (κ2) is 9.64. The Hall–Kier alpha value is -3.73. The van der Waals surface area contributed by atoms with Crippen molar-refractivity contribution in [3.8, 4) is 22.6 Å². The van der Waals surface area contributed by atoms with Crippen molar-refractivity contribution < 1.29 is 19.4 Å². The second-order valence-electron chi connectivity index (χ2n) is 8.85. The highest BCUT2D eigenvalue weighted by atomic mass is 16.5. The van der Waals surface area contributed by atoms with Crippen molar-refractivity contribution in [3.05, 3.63) is 82.0 Å². The number of carboxylic acid groups (broad SMARTS) is 1. The van der Waals surface area contributed by atoms with Crippen LogP contribution in [0.5, 0.6) is 11.5 Å². The van der Waals surface area contributed by atoms with Crippen LogP contribution in [-0.4, -0.2) is 29.8 Å². The van der Waals surface area contributed by atoms with Gasteiger partial charge in [-0.05, 0) is 92.1 Å². The smallest absolute Gasteiger partial charge is 0.352 e. The van der Waals surface area contributed by atoms with Crippen molar-refractivity contribution >= 4 is 16.9 Å². The molecule has 0 amide bonds. The number of carboxylic acids is 1. The molecule has 0 saturated heterocycles. The summed E-state index contributed by atoms with van der Waals surface area (Å²) in [5.74, 6) is 0.743. The summed E-state index contributed by atoms with van der Waals surface area (Å²) in [6, 6.07) is 16.1. The maximum absolute atomic E-state index is 12.1. The van der Waals surface area contributed by atoms with Crippen molar-refractivity contribution in [2.24, 2.45) is 0 Å². The van der Waals surface area contributed by atoms with Gasteiger partial charge in [0.05, 0.1) is 19.2 Å². The minimum atomic E-state index is -0.949. The Balaban J connectivity index is 1.62. The van der Waals surface area contributed by atoms with Gasteiger partial charge in [-0.25, -0.2) is 4.79 Å². The summed E-state index contributed by atoms with van der Waals surface area (Å²) >= 11 is 0. The van der Waals surface area contributed by atoms with E-state index in [1.54, 1.807) is 7.11 Å². The maximum atomic E-state index is 12.1. The first-order valence-corrected chi connectivity index (χ1v) is 11.5. The van der Waals surface area contributed by atoms with Crippen LogP contribution in [0.2, 0.25) is 0 Å². The average Bonchev–Trinajstić information content (AvgIpc) is 3.19. The van der Waals surface area contributed by atoms with Crippen LogP contribution in [0.1, 0.15) is 44.7 Å². The van der Waals surface area contributed by atoms with Crippen LogP contribution < -0.4 is 9.47 Å². The van der Waals surface area contributed by atoms with Crippen molar-refractivity contribution in [3.63, 3.8) is 0 Å². The zero-order valence-corrected chi connectivity index (χ0v) is 20.4. The SMILES string of the molecule is COc1ccc(-c2cccc3c(CCCOc4cc(C)cc(C)c4C)c(C(=O)O)[nH]c23)c(C)c1. The molecule has 2 N–H and O–H groups in total. The van der Waals surface area contributed by atoms with Crippen LogP contribution in [0.4, 0.5) is 0 Å². The number of carbonyl (C=O) groups is 1. The molecular weight excluding hydrogens is 426 g/mol. The van der Waals surface area contributed by atoms with Crippen molar-refractivity contribution in [2.75, 3.05) is 13.7 Å². The summed E-state index contributed by atoms with van der Waals surface area (Å²) in [5.41, 5.74) is 8.52. The Morgan fingerprint density at radius 2 is 1.76 bits per heavy atom. The van der Waals surface area contributed by atoms with E-state index in [2.05, 4.69) is 37.9 Å². The molecule has 0 atom stereocenters. The van der Waals surface area contributed by atoms with Crippen LogP contribution in [-0.2, 0) is 6.42 Å². The predicted octanol–water partition coefficient (Wildman–Crippen LogP) is 6.79. The number of hydrogen-bond donors (Lipinski definition) is 2. The topological polar surface area (TPSA) is 71.6 Å². The quantitative estimate of drug-likeness (QED) is 0.286. The normalized spacial score (nSPS) is 11.1. The van der Waals surface area contributed by atoms with Crippen LogP contribution in [0, 0.1) is 27.7 Å². The lowest BCUT2D eigenvalue weighted by molar-refractivity contribution is 0.0690. The number of aryl methyl sites for hydroxylation is 4. The number of rotatable bonds is 8. The van der Waals surface area contributed by atoms with Gasteiger partial charge < -0.3 is 19.6 Å². The molecule has 0 aliphatic carbocycles. The molecule has 0 aliphatic heterocycles. The van der Waals surface area contributed by atoms with E-state index in [4.69, 9.17) is 9.47 Å². The third-order valence-corrected chi connectivity index (χ3v) is 6.47. The van der Waals surface area contributed by atoms with Gasteiger partial charge in [0, 0.05) is 10.9 Å². The molecule has 4 aromatic rings. The molecule has 176 valence electrons. The van der Waals surface area contributed by atoms with E-state index in [0.717, 1.165) is 50.2 Å². The number of hydrogen-bond acceptors (Lipinski definition) is 3. The summed E-state index contributed by atoms with van der Waals surface area (Å²) in [7, 11) is 1.65.